The zero-order valence-corrected chi connectivity index (χ0v) is 15.1. The number of aliphatic carboxylic acids is 2. The summed E-state index contributed by atoms with van der Waals surface area (Å²) in [6.45, 7) is -0.659. The van der Waals surface area contributed by atoms with Gasteiger partial charge < -0.3 is 31.9 Å². The van der Waals surface area contributed by atoms with Crippen LogP contribution in [-0.4, -0.2) is 77.1 Å². The minimum atomic E-state index is -1.38. The van der Waals surface area contributed by atoms with E-state index in [1.807, 2.05) is 0 Å². The van der Waals surface area contributed by atoms with Crippen LogP contribution < -0.4 is 21.7 Å². The summed E-state index contributed by atoms with van der Waals surface area (Å²) in [4.78, 5) is 56.9. The van der Waals surface area contributed by atoms with E-state index in [2.05, 4.69) is 16.0 Å². The number of carbonyl (C=O) groups is 5. The van der Waals surface area contributed by atoms with Crippen LogP contribution in [-0.2, 0) is 24.0 Å². The molecule has 0 saturated heterocycles. The fourth-order valence-electron chi connectivity index (χ4n) is 1.80. The molecular weight excluding hydrogens is 368 g/mol. The average molecular weight is 392 g/mol. The Bertz CT molecular complexity index is 529. The van der Waals surface area contributed by atoms with E-state index >= 15 is 0 Å². The monoisotopic (exact) mass is 392 g/mol. The van der Waals surface area contributed by atoms with Crippen LogP contribution in [0.4, 0.5) is 0 Å². The average Bonchev–Trinajstić information content (AvgIpc) is 2.59. The van der Waals surface area contributed by atoms with Crippen molar-refractivity contribution < 1.29 is 34.2 Å². The number of hydrogen-bond donors (Lipinski definition) is 6. The SMILES string of the molecule is CSCCC(NC(=O)CNC(=O)CN)C(=O)NC(CCC(=O)O)C(=O)O. The van der Waals surface area contributed by atoms with E-state index in [4.69, 9.17) is 15.9 Å². The molecule has 0 radical (unpaired) electrons. The Morgan fingerprint density at radius 3 is 2.15 bits per heavy atom. The number of nitrogens with two attached hydrogens (primary N) is 1. The van der Waals surface area contributed by atoms with E-state index in [-0.39, 0.29) is 25.9 Å². The summed E-state index contributed by atoms with van der Waals surface area (Å²) < 4.78 is 0. The van der Waals surface area contributed by atoms with E-state index in [0.717, 1.165) is 0 Å². The maximum atomic E-state index is 12.3. The Morgan fingerprint density at radius 2 is 1.65 bits per heavy atom. The standard InChI is InChI=1S/C14H24N4O7S/c1-26-5-4-8(17-11(20)7-16-10(19)6-15)13(23)18-9(14(24)25)2-3-12(21)22/h8-9H,2-7,15H2,1H3,(H,16,19)(H,17,20)(H,18,23)(H,21,22)(H,24,25). The van der Waals surface area contributed by atoms with Crippen molar-refractivity contribution in [2.24, 2.45) is 5.73 Å². The second-order valence-electron chi connectivity index (χ2n) is 5.21. The van der Waals surface area contributed by atoms with Gasteiger partial charge in [-0.15, -0.1) is 0 Å². The number of thioether (sulfide) groups is 1. The third-order valence-electron chi connectivity index (χ3n) is 3.16. The van der Waals surface area contributed by atoms with Gasteiger partial charge in [0.15, 0.2) is 0 Å². The highest BCUT2D eigenvalue weighted by Crippen LogP contribution is 2.04. The molecule has 0 aromatic heterocycles. The van der Waals surface area contributed by atoms with Crippen LogP contribution in [0.2, 0.25) is 0 Å². The van der Waals surface area contributed by atoms with E-state index < -0.39 is 48.2 Å². The van der Waals surface area contributed by atoms with Gasteiger partial charge in [-0.2, -0.15) is 11.8 Å². The molecule has 2 unspecified atom stereocenters. The molecular formula is C14H24N4O7S. The first-order valence-electron chi connectivity index (χ1n) is 7.71. The lowest BCUT2D eigenvalue weighted by Crippen LogP contribution is -2.53. The minimum absolute atomic E-state index is 0.231. The van der Waals surface area contributed by atoms with E-state index in [1.54, 1.807) is 6.26 Å². The fourth-order valence-corrected chi connectivity index (χ4v) is 2.27. The highest BCUT2D eigenvalue weighted by molar-refractivity contribution is 7.98. The minimum Gasteiger partial charge on any atom is -0.481 e. The van der Waals surface area contributed by atoms with E-state index in [9.17, 15) is 24.0 Å². The maximum Gasteiger partial charge on any atom is 0.326 e. The molecule has 26 heavy (non-hydrogen) atoms. The molecule has 0 bridgehead atoms. The van der Waals surface area contributed by atoms with Crippen LogP contribution in [0.1, 0.15) is 19.3 Å². The maximum absolute atomic E-state index is 12.3. The van der Waals surface area contributed by atoms with Crippen LogP contribution in [0.3, 0.4) is 0 Å². The van der Waals surface area contributed by atoms with Crippen molar-refractivity contribution in [2.45, 2.75) is 31.3 Å². The van der Waals surface area contributed by atoms with Crippen molar-refractivity contribution in [3.63, 3.8) is 0 Å². The van der Waals surface area contributed by atoms with Gasteiger partial charge in [0.2, 0.25) is 17.7 Å². The summed E-state index contributed by atoms with van der Waals surface area (Å²) in [5.74, 6) is -3.95. The van der Waals surface area contributed by atoms with Gasteiger partial charge in [0.25, 0.3) is 0 Å². The number of nitrogens with one attached hydrogen (secondary N) is 3. The lowest BCUT2D eigenvalue weighted by Gasteiger charge is -2.21. The summed E-state index contributed by atoms with van der Waals surface area (Å²) in [5, 5.41) is 24.6. The number of amides is 3. The highest BCUT2D eigenvalue weighted by atomic mass is 32.2. The molecule has 0 aliphatic carbocycles. The van der Waals surface area contributed by atoms with Crippen LogP contribution in [0.5, 0.6) is 0 Å². The third kappa shape index (κ3) is 10.5. The Labute approximate surface area is 154 Å². The zero-order valence-electron chi connectivity index (χ0n) is 14.3. The molecule has 7 N–H and O–H groups in total. The molecule has 0 rings (SSSR count). The van der Waals surface area contributed by atoms with Crippen molar-refractivity contribution in [1.82, 2.24) is 16.0 Å². The fraction of sp³-hybridized carbons (Fsp3) is 0.643. The Hall–Kier alpha value is -2.34. The van der Waals surface area contributed by atoms with Crippen LogP contribution in [0.25, 0.3) is 0 Å². The largest absolute Gasteiger partial charge is 0.481 e. The first-order chi connectivity index (χ1) is 12.2. The van der Waals surface area contributed by atoms with Crippen molar-refractivity contribution in [2.75, 3.05) is 25.1 Å². The van der Waals surface area contributed by atoms with Gasteiger partial charge in [0.05, 0.1) is 13.1 Å². The van der Waals surface area contributed by atoms with Crippen LogP contribution >= 0.6 is 11.8 Å². The molecule has 0 aliphatic heterocycles. The normalized spacial score (nSPS) is 12.5. The number of rotatable bonds is 13. The lowest BCUT2D eigenvalue weighted by molar-refractivity contribution is -0.143. The second kappa shape index (κ2) is 12.9. The van der Waals surface area contributed by atoms with Gasteiger partial charge in [0.1, 0.15) is 12.1 Å². The van der Waals surface area contributed by atoms with Gasteiger partial charge in [-0.25, -0.2) is 4.79 Å². The Balaban J connectivity index is 4.82. The van der Waals surface area contributed by atoms with Crippen molar-refractivity contribution in [3.05, 3.63) is 0 Å². The van der Waals surface area contributed by atoms with Gasteiger partial charge in [-0.1, -0.05) is 0 Å². The van der Waals surface area contributed by atoms with E-state index in [1.165, 1.54) is 11.8 Å². The predicted molar refractivity (Wildman–Crippen MR) is 93.4 cm³/mol. The molecule has 0 fully saturated rings. The summed E-state index contributed by atoms with van der Waals surface area (Å²) in [5.41, 5.74) is 5.10. The molecule has 0 heterocycles. The molecule has 0 aromatic carbocycles. The van der Waals surface area contributed by atoms with Gasteiger partial charge in [-0.05, 0) is 24.9 Å². The predicted octanol–water partition coefficient (Wildman–Crippen LogP) is -2.27. The summed E-state index contributed by atoms with van der Waals surface area (Å²) in [7, 11) is 0. The molecule has 0 saturated carbocycles. The number of carbonyl (C=O) groups excluding carboxylic acids is 3. The lowest BCUT2D eigenvalue weighted by atomic mass is 10.1. The molecule has 11 nitrogen and oxygen atoms in total. The molecule has 0 spiro atoms. The van der Waals surface area contributed by atoms with Crippen LogP contribution in [0.15, 0.2) is 0 Å². The molecule has 0 aromatic rings. The van der Waals surface area contributed by atoms with E-state index in [0.29, 0.717) is 5.75 Å². The van der Waals surface area contributed by atoms with Gasteiger partial charge in [-0.3, -0.25) is 19.2 Å². The Morgan fingerprint density at radius 1 is 1.00 bits per heavy atom. The van der Waals surface area contributed by atoms with Crippen molar-refractivity contribution in [1.29, 1.82) is 0 Å². The molecule has 12 heteroatoms. The van der Waals surface area contributed by atoms with Crippen molar-refractivity contribution in [3.8, 4) is 0 Å². The third-order valence-corrected chi connectivity index (χ3v) is 3.80. The van der Waals surface area contributed by atoms with Gasteiger partial charge >= 0.3 is 11.9 Å². The van der Waals surface area contributed by atoms with Crippen LogP contribution in [0, 0.1) is 0 Å². The number of carboxylic acid groups (broad SMARTS) is 2. The topological polar surface area (TPSA) is 188 Å². The molecule has 148 valence electrons. The summed E-state index contributed by atoms with van der Waals surface area (Å²) in [6, 6.07) is -2.40. The quantitative estimate of drug-likeness (QED) is 0.201. The summed E-state index contributed by atoms with van der Waals surface area (Å²) >= 11 is 1.42. The molecule has 3 amide bonds. The van der Waals surface area contributed by atoms with Gasteiger partial charge in [0, 0.05) is 6.42 Å². The number of hydrogen-bond acceptors (Lipinski definition) is 7. The smallest absolute Gasteiger partial charge is 0.326 e. The summed E-state index contributed by atoms with van der Waals surface area (Å²) in [6.07, 6.45) is 1.32. The first kappa shape index (κ1) is 23.7. The first-order valence-corrected chi connectivity index (χ1v) is 9.10. The zero-order chi connectivity index (χ0) is 20.1. The Kier molecular flexibility index (Phi) is 11.8. The molecule has 2 atom stereocenters. The van der Waals surface area contributed by atoms with Crippen molar-refractivity contribution >= 4 is 41.4 Å². The molecule has 0 aliphatic rings. The highest BCUT2D eigenvalue weighted by Gasteiger charge is 2.26. The number of carboxylic acids is 2. The second-order valence-corrected chi connectivity index (χ2v) is 6.20.